The van der Waals surface area contributed by atoms with Gasteiger partial charge in [-0.05, 0) is 24.3 Å². The van der Waals surface area contributed by atoms with E-state index in [9.17, 15) is 9.50 Å². The van der Waals surface area contributed by atoms with Gasteiger partial charge in [0.2, 0.25) is 5.95 Å². The predicted octanol–water partition coefficient (Wildman–Crippen LogP) is 4.34. The second-order valence-corrected chi connectivity index (χ2v) is 4.76. The van der Waals surface area contributed by atoms with Crippen LogP contribution >= 0.6 is 34.8 Å². The average molecular weight is 307 g/mol. The van der Waals surface area contributed by atoms with E-state index in [1.54, 1.807) is 6.07 Å². The van der Waals surface area contributed by atoms with Gasteiger partial charge in [0.05, 0.1) is 22.3 Å². The molecule has 0 fully saturated rings. The van der Waals surface area contributed by atoms with Gasteiger partial charge in [-0.25, -0.2) is 4.98 Å². The highest BCUT2D eigenvalue weighted by atomic mass is 35.5. The maximum Gasteiger partial charge on any atom is 0.213 e. The molecule has 0 aliphatic carbocycles. The normalized spacial score (nSPS) is 10.7. The van der Waals surface area contributed by atoms with Crippen LogP contribution in [0.4, 0.5) is 4.39 Å². The third-order valence-corrected chi connectivity index (χ3v) is 3.39. The Morgan fingerprint density at radius 1 is 1.11 bits per heavy atom. The van der Waals surface area contributed by atoms with E-state index in [2.05, 4.69) is 4.98 Å². The largest absolute Gasteiger partial charge is 0.390 e. The third-order valence-electron chi connectivity index (χ3n) is 2.37. The molecule has 0 amide bonds. The fourth-order valence-electron chi connectivity index (χ4n) is 1.59. The molecule has 0 saturated heterocycles. The number of nitrogens with zero attached hydrogens (tertiary/aromatic N) is 1. The molecule has 0 spiro atoms. The number of aromatic nitrogens is 1. The SMILES string of the molecule is OCc1nc(F)ccc1-c1cc(Cl)cc(Cl)c1Cl. The zero-order valence-electron chi connectivity index (χ0n) is 8.92. The smallest absolute Gasteiger partial charge is 0.213 e. The lowest BCUT2D eigenvalue weighted by Crippen LogP contribution is -1.97. The second-order valence-electron chi connectivity index (χ2n) is 3.54. The van der Waals surface area contributed by atoms with Crippen molar-refractivity contribution in [2.45, 2.75) is 6.61 Å². The Morgan fingerprint density at radius 2 is 1.83 bits per heavy atom. The average Bonchev–Trinajstić information content (AvgIpc) is 2.34. The molecule has 2 aromatic rings. The first kappa shape index (κ1) is 13.6. The minimum atomic E-state index is -0.674. The molecule has 0 saturated carbocycles. The van der Waals surface area contributed by atoms with Gasteiger partial charge in [0.25, 0.3) is 0 Å². The lowest BCUT2D eigenvalue weighted by atomic mass is 10.0. The number of aliphatic hydroxyl groups is 1. The second kappa shape index (κ2) is 5.41. The van der Waals surface area contributed by atoms with Gasteiger partial charge in [-0.2, -0.15) is 4.39 Å². The van der Waals surface area contributed by atoms with E-state index in [1.165, 1.54) is 18.2 Å². The molecule has 0 radical (unpaired) electrons. The number of pyridine rings is 1. The van der Waals surface area contributed by atoms with Gasteiger partial charge in [-0.3, -0.25) is 0 Å². The summed E-state index contributed by atoms with van der Waals surface area (Å²) in [4.78, 5) is 3.61. The molecule has 1 heterocycles. The van der Waals surface area contributed by atoms with E-state index >= 15 is 0 Å². The van der Waals surface area contributed by atoms with Crippen molar-refractivity contribution in [1.82, 2.24) is 4.98 Å². The number of hydrogen-bond acceptors (Lipinski definition) is 2. The Bertz CT molecular complexity index is 604. The van der Waals surface area contributed by atoms with Gasteiger partial charge >= 0.3 is 0 Å². The molecule has 0 unspecified atom stereocenters. The van der Waals surface area contributed by atoms with Crippen molar-refractivity contribution in [3.63, 3.8) is 0 Å². The van der Waals surface area contributed by atoms with E-state index in [4.69, 9.17) is 34.8 Å². The van der Waals surface area contributed by atoms with Crippen molar-refractivity contribution in [2.75, 3.05) is 0 Å². The number of benzene rings is 1. The topological polar surface area (TPSA) is 33.1 Å². The number of hydrogen-bond donors (Lipinski definition) is 1. The Labute approximate surface area is 118 Å². The first-order valence-corrected chi connectivity index (χ1v) is 6.07. The van der Waals surface area contributed by atoms with E-state index in [1.807, 2.05) is 0 Å². The quantitative estimate of drug-likeness (QED) is 0.661. The summed E-state index contributed by atoms with van der Waals surface area (Å²) >= 11 is 17.9. The molecule has 0 aliphatic heterocycles. The summed E-state index contributed by atoms with van der Waals surface area (Å²) in [6.45, 7) is -0.409. The molecule has 0 bridgehead atoms. The van der Waals surface area contributed by atoms with Crippen LogP contribution in [0.1, 0.15) is 5.69 Å². The number of rotatable bonds is 2. The minimum absolute atomic E-state index is 0.176. The van der Waals surface area contributed by atoms with Gasteiger partial charge in [0, 0.05) is 16.1 Å². The summed E-state index contributed by atoms with van der Waals surface area (Å²) < 4.78 is 13.0. The Balaban J connectivity index is 2.69. The molecule has 1 aromatic carbocycles. The first-order valence-electron chi connectivity index (χ1n) is 4.94. The van der Waals surface area contributed by atoms with Gasteiger partial charge in [-0.15, -0.1) is 0 Å². The van der Waals surface area contributed by atoms with Crippen LogP contribution in [0.2, 0.25) is 15.1 Å². The predicted molar refractivity (Wildman–Crippen MR) is 70.6 cm³/mol. The van der Waals surface area contributed by atoms with Crippen molar-refractivity contribution in [1.29, 1.82) is 0 Å². The van der Waals surface area contributed by atoms with E-state index in [0.29, 0.717) is 16.1 Å². The standard InChI is InChI=1S/C12H7Cl3FNO/c13-6-3-8(12(15)9(14)4-6)7-1-2-11(16)17-10(7)5-18/h1-4,18H,5H2. The Kier molecular flexibility index (Phi) is 4.07. The fourth-order valence-corrected chi connectivity index (χ4v) is 2.30. The molecule has 0 atom stereocenters. The summed E-state index contributed by atoms with van der Waals surface area (Å²) in [5, 5.41) is 10.2. The Hall–Kier alpha value is -0.870. The zero-order chi connectivity index (χ0) is 13.3. The summed E-state index contributed by atoms with van der Waals surface area (Å²) in [5.74, 6) is -0.674. The summed E-state index contributed by atoms with van der Waals surface area (Å²) in [5.41, 5.74) is 1.18. The van der Waals surface area contributed by atoms with Gasteiger partial charge in [-0.1, -0.05) is 34.8 Å². The molecular weight excluding hydrogens is 299 g/mol. The molecule has 6 heteroatoms. The fraction of sp³-hybridized carbons (Fsp3) is 0.0833. The maximum absolute atomic E-state index is 13.0. The van der Waals surface area contributed by atoms with Crippen LogP contribution in [0.25, 0.3) is 11.1 Å². The highest BCUT2D eigenvalue weighted by Crippen LogP contribution is 2.37. The number of aliphatic hydroxyl groups excluding tert-OH is 1. The van der Waals surface area contributed by atoms with Crippen molar-refractivity contribution in [2.24, 2.45) is 0 Å². The minimum Gasteiger partial charge on any atom is -0.390 e. The molecular formula is C12H7Cl3FNO. The molecule has 94 valence electrons. The maximum atomic E-state index is 13.0. The highest BCUT2D eigenvalue weighted by Gasteiger charge is 2.14. The van der Waals surface area contributed by atoms with Gasteiger partial charge < -0.3 is 5.11 Å². The summed E-state index contributed by atoms with van der Waals surface area (Å²) in [6, 6.07) is 5.75. The highest BCUT2D eigenvalue weighted by molar-refractivity contribution is 6.45. The van der Waals surface area contributed by atoms with Crippen LogP contribution < -0.4 is 0 Å². The van der Waals surface area contributed by atoms with Crippen molar-refractivity contribution < 1.29 is 9.50 Å². The van der Waals surface area contributed by atoms with Gasteiger partial charge in [0.15, 0.2) is 0 Å². The van der Waals surface area contributed by atoms with Crippen LogP contribution in [0.5, 0.6) is 0 Å². The van der Waals surface area contributed by atoms with Crippen LogP contribution in [0.3, 0.4) is 0 Å². The lowest BCUT2D eigenvalue weighted by molar-refractivity contribution is 0.275. The zero-order valence-corrected chi connectivity index (χ0v) is 11.2. The van der Waals surface area contributed by atoms with Crippen LogP contribution in [0.15, 0.2) is 24.3 Å². The first-order chi connectivity index (χ1) is 8.52. The van der Waals surface area contributed by atoms with Crippen molar-refractivity contribution in [3.05, 3.63) is 51.0 Å². The molecule has 1 N–H and O–H groups in total. The van der Waals surface area contributed by atoms with Crippen LogP contribution in [-0.4, -0.2) is 10.1 Å². The lowest BCUT2D eigenvalue weighted by Gasteiger charge is -2.10. The van der Waals surface area contributed by atoms with Crippen LogP contribution in [0, 0.1) is 5.95 Å². The molecule has 18 heavy (non-hydrogen) atoms. The van der Waals surface area contributed by atoms with E-state index in [0.717, 1.165) is 0 Å². The van der Waals surface area contributed by atoms with Crippen molar-refractivity contribution in [3.8, 4) is 11.1 Å². The van der Waals surface area contributed by atoms with E-state index < -0.39 is 12.6 Å². The Morgan fingerprint density at radius 3 is 2.50 bits per heavy atom. The van der Waals surface area contributed by atoms with Crippen molar-refractivity contribution >= 4 is 34.8 Å². The summed E-state index contributed by atoms with van der Waals surface area (Å²) in [6.07, 6.45) is 0. The molecule has 0 aliphatic rings. The van der Waals surface area contributed by atoms with Gasteiger partial charge in [0.1, 0.15) is 0 Å². The molecule has 1 aromatic heterocycles. The van der Waals surface area contributed by atoms with Crippen LogP contribution in [-0.2, 0) is 6.61 Å². The molecule has 2 nitrogen and oxygen atoms in total. The third kappa shape index (κ3) is 2.59. The summed E-state index contributed by atoms with van der Waals surface area (Å²) in [7, 11) is 0. The molecule has 2 rings (SSSR count). The number of halogens is 4. The van der Waals surface area contributed by atoms with E-state index in [-0.39, 0.29) is 15.7 Å². The monoisotopic (exact) mass is 305 g/mol.